The van der Waals surface area contributed by atoms with Crippen molar-refractivity contribution >= 4 is 29.5 Å². The molecule has 3 heterocycles. The first kappa shape index (κ1) is 16.7. The van der Waals surface area contributed by atoms with Gasteiger partial charge in [-0.1, -0.05) is 6.07 Å². The third-order valence-corrected chi connectivity index (χ3v) is 4.91. The van der Waals surface area contributed by atoms with Crippen molar-refractivity contribution in [2.45, 2.75) is 32.9 Å². The number of amides is 1. The van der Waals surface area contributed by atoms with Gasteiger partial charge in [-0.15, -0.1) is 11.3 Å². The third kappa shape index (κ3) is 3.20. The molecule has 0 aliphatic carbocycles. The van der Waals surface area contributed by atoms with E-state index >= 15 is 0 Å². The van der Waals surface area contributed by atoms with Crippen LogP contribution in [-0.4, -0.2) is 20.7 Å². The predicted molar refractivity (Wildman–Crippen MR) is 95.4 cm³/mol. The van der Waals surface area contributed by atoms with Gasteiger partial charge < -0.3 is 9.73 Å². The van der Waals surface area contributed by atoms with Crippen LogP contribution in [0.15, 0.2) is 34.1 Å². The summed E-state index contributed by atoms with van der Waals surface area (Å²) in [5.41, 5.74) is 0. The Morgan fingerprint density at radius 1 is 1.42 bits per heavy atom. The standard InChI is InChI=1S/C16H18N4O2S2/c1-9-6-7-12(22-9)10(2)17-15(21)11(3)20-14(18-19-16(20)23)13-5-4-8-24-13/h4-8,10-11H,1-3H3,(H,17,21)(H,19,23)/t10-,11+/m1/s1. The number of furan rings is 1. The van der Waals surface area contributed by atoms with Gasteiger partial charge in [-0.25, -0.2) is 0 Å². The zero-order chi connectivity index (χ0) is 17.3. The summed E-state index contributed by atoms with van der Waals surface area (Å²) >= 11 is 6.85. The molecule has 6 nitrogen and oxygen atoms in total. The molecule has 24 heavy (non-hydrogen) atoms. The van der Waals surface area contributed by atoms with Gasteiger partial charge in [0.1, 0.15) is 17.6 Å². The molecular formula is C16H18N4O2S2. The van der Waals surface area contributed by atoms with Crippen LogP contribution in [0.4, 0.5) is 0 Å². The second-order valence-electron chi connectivity index (χ2n) is 5.55. The lowest BCUT2D eigenvalue weighted by Crippen LogP contribution is -2.33. The third-order valence-electron chi connectivity index (χ3n) is 3.76. The fourth-order valence-electron chi connectivity index (χ4n) is 2.45. The molecule has 3 aromatic rings. The molecule has 3 aromatic heterocycles. The van der Waals surface area contributed by atoms with Crippen molar-refractivity contribution < 1.29 is 9.21 Å². The Balaban J connectivity index is 1.82. The van der Waals surface area contributed by atoms with Gasteiger partial charge in [-0.3, -0.25) is 14.5 Å². The number of hydrogen-bond acceptors (Lipinski definition) is 5. The SMILES string of the molecule is Cc1ccc([C@@H](C)NC(=O)[C@H](C)n2c(-c3cccs3)n[nH]c2=S)o1. The monoisotopic (exact) mass is 362 g/mol. The van der Waals surface area contributed by atoms with Crippen molar-refractivity contribution in [1.82, 2.24) is 20.1 Å². The molecule has 0 spiro atoms. The summed E-state index contributed by atoms with van der Waals surface area (Å²) in [6.07, 6.45) is 0. The van der Waals surface area contributed by atoms with Crippen LogP contribution in [0.2, 0.25) is 0 Å². The number of nitrogens with one attached hydrogen (secondary N) is 2. The van der Waals surface area contributed by atoms with Crippen LogP contribution >= 0.6 is 23.6 Å². The summed E-state index contributed by atoms with van der Waals surface area (Å²) in [7, 11) is 0. The van der Waals surface area contributed by atoms with Crippen molar-refractivity contribution in [3.63, 3.8) is 0 Å². The number of hydrogen-bond donors (Lipinski definition) is 2. The molecule has 3 rings (SSSR count). The van der Waals surface area contributed by atoms with Crippen LogP contribution in [0.25, 0.3) is 10.7 Å². The van der Waals surface area contributed by atoms with E-state index in [1.807, 2.05) is 43.5 Å². The highest BCUT2D eigenvalue weighted by Crippen LogP contribution is 2.26. The van der Waals surface area contributed by atoms with Gasteiger partial charge in [-0.05, 0) is 56.6 Å². The van der Waals surface area contributed by atoms with E-state index in [1.54, 1.807) is 22.8 Å². The smallest absolute Gasteiger partial charge is 0.243 e. The van der Waals surface area contributed by atoms with E-state index in [1.165, 1.54) is 0 Å². The first-order valence-electron chi connectivity index (χ1n) is 7.55. The quantitative estimate of drug-likeness (QED) is 0.673. The number of aromatic amines is 1. The van der Waals surface area contributed by atoms with Gasteiger partial charge in [0.05, 0.1) is 10.9 Å². The van der Waals surface area contributed by atoms with E-state index in [-0.39, 0.29) is 11.9 Å². The van der Waals surface area contributed by atoms with Gasteiger partial charge in [-0.2, -0.15) is 5.10 Å². The average Bonchev–Trinajstić information content (AvgIpc) is 3.26. The predicted octanol–water partition coefficient (Wildman–Crippen LogP) is 4.01. The Labute approximate surface area is 148 Å². The second kappa shape index (κ2) is 6.74. The number of carbonyl (C=O) groups excluding carboxylic acids is 1. The summed E-state index contributed by atoms with van der Waals surface area (Å²) in [5, 5.41) is 12.0. The van der Waals surface area contributed by atoms with E-state index < -0.39 is 6.04 Å². The number of carbonyl (C=O) groups is 1. The first-order valence-corrected chi connectivity index (χ1v) is 8.83. The van der Waals surface area contributed by atoms with Crippen LogP contribution in [0.1, 0.15) is 37.5 Å². The summed E-state index contributed by atoms with van der Waals surface area (Å²) in [5.74, 6) is 2.06. The molecule has 0 aromatic carbocycles. The first-order chi connectivity index (χ1) is 11.5. The lowest BCUT2D eigenvalue weighted by molar-refractivity contribution is -0.124. The summed E-state index contributed by atoms with van der Waals surface area (Å²) in [6, 6.07) is 6.92. The number of rotatable bonds is 5. The summed E-state index contributed by atoms with van der Waals surface area (Å²) in [4.78, 5) is 13.6. The van der Waals surface area contributed by atoms with Gasteiger partial charge >= 0.3 is 0 Å². The molecule has 0 bridgehead atoms. The second-order valence-corrected chi connectivity index (χ2v) is 6.89. The fourth-order valence-corrected chi connectivity index (χ4v) is 3.45. The Morgan fingerprint density at radius 2 is 2.21 bits per heavy atom. The fraction of sp³-hybridized carbons (Fsp3) is 0.312. The zero-order valence-corrected chi connectivity index (χ0v) is 15.2. The normalized spacial score (nSPS) is 13.6. The molecule has 0 unspecified atom stereocenters. The van der Waals surface area contributed by atoms with Crippen LogP contribution < -0.4 is 5.32 Å². The highest BCUT2D eigenvalue weighted by atomic mass is 32.1. The minimum absolute atomic E-state index is 0.146. The largest absolute Gasteiger partial charge is 0.464 e. The average molecular weight is 362 g/mol. The molecule has 0 saturated heterocycles. The van der Waals surface area contributed by atoms with Crippen molar-refractivity contribution in [3.8, 4) is 10.7 Å². The van der Waals surface area contributed by atoms with Crippen LogP contribution in [0.5, 0.6) is 0 Å². The van der Waals surface area contributed by atoms with Crippen molar-refractivity contribution in [2.75, 3.05) is 0 Å². The number of aryl methyl sites for hydroxylation is 1. The number of aromatic nitrogens is 3. The van der Waals surface area contributed by atoms with Gasteiger partial charge in [0.15, 0.2) is 10.6 Å². The maximum Gasteiger partial charge on any atom is 0.243 e. The van der Waals surface area contributed by atoms with Gasteiger partial charge in [0, 0.05) is 0 Å². The number of nitrogens with zero attached hydrogens (tertiary/aromatic N) is 2. The summed E-state index contributed by atoms with van der Waals surface area (Å²) in [6.45, 7) is 5.56. The highest BCUT2D eigenvalue weighted by Gasteiger charge is 2.23. The Hall–Kier alpha value is -2.19. The molecule has 8 heteroatoms. The van der Waals surface area contributed by atoms with E-state index in [0.29, 0.717) is 10.6 Å². The molecule has 2 N–H and O–H groups in total. The van der Waals surface area contributed by atoms with E-state index in [4.69, 9.17) is 16.6 Å². The van der Waals surface area contributed by atoms with Crippen LogP contribution in [0, 0.1) is 11.7 Å². The zero-order valence-electron chi connectivity index (χ0n) is 13.6. The van der Waals surface area contributed by atoms with E-state index in [2.05, 4.69) is 15.5 Å². The number of thiophene rings is 1. The molecule has 0 aliphatic rings. The lowest BCUT2D eigenvalue weighted by Gasteiger charge is -2.18. The lowest BCUT2D eigenvalue weighted by atomic mass is 10.2. The molecule has 0 fully saturated rings. The van der Waals surface area contributed by atoms with Crippen LogP contribution in [-0.2, 0) is 4.79 Å². The maximum absolute atomic E-state index is 12.6. The Morgan fingerprint density at radius 3 is 2.83 bits per heavy atom. The number of H-pyrrole nitrogens is 1. The molecule has 0 aliphatic heterocycles. The van der Waals surface area contributed by atoms with Crippen molar-refractivity contribution in [1.29, 1.82) is 0 Å². The highest BCUT2D eigenvalue weighted by molar-refractivity contribution is 7.71. The molecule has 0 saturated carbocycles. The van der Waals surface area contributed by atoms with E-state index in [9.17, 15) is 4.79 Å². The minimum atomic E-state index is -0.494. The van der Waals surface area contributed by atoms with Gasteiger partial charge in [0.25, 0.3) is 0 Å². The van der Waals surface area contributed by atoms with Crippen LogP contribution in [0.3, 0.4) is 0 Å². The van der Waals surface area contributed by atoms with Crippen molar-refractivity contribution in [3.05, 3.63) is 45.9 Å². The minimum Gasteiger partial charge on any atom is -0.464 e. The molecule has 0 radical (unpaired) electrons. The van der Waals surface area contributed by atoms with Crippen molar-refractivity contribution in [2.24, 2.45) is 0 Å². The maximum atomic E-state index is 12.6. The Kier molecular flexibility index (Phi) is 4.68. The molecule has 1 amide bonds. The summed E-state index contributed by atoms with van der Waals surface area (Å²) < 4.78 is 7.72. The molecule has 126 valence electrons. The molecule has 2 atom stereocenters. The molecular weight excluding hydrogens is 344 g/mol. The van der Waals surface area contributed by atoms with Gasteiger partial charge in [0.2, 0.25) is 5.91 Å². The Bertz CT molecular complexity index is 891. The topological polar surface area (TPSA) is 75.8 Å². The van der Waals surface area contributed by atoms with E-state index in [0.717, 1.165) is 16.4 Å².